The molecule has 0 radical (unpaired) electrons. The van der Waals surface area contributed by atoms with Gasteiger partial charge in [-0.2, -0.15) is 0 Å². The molecule has 0 fully saturated rings. The third-order valence-corrected chi connectivity index (χ3v) is 4.21. The predicted molar refractivity (Wildman–Crippen MR) is 105 cm³/mol. The van der Waals surface area contributed by atoms with Crippen molar-refractivity contribution in [2.75, 3.05) is 5.32 Å². The zero-order chi connectivity index (χ0) is 17.6. The van der Waals surface area contributed by atoms with Gasteiger partial charge < -0.3 is 5.32 Å². The van der Waals surface area contributed by atoms with Crippen LogP contribution in [0, 0.1) is 0 Å². The van der Waals surface area contributed by atoms with E-state index in [0.29, 0.717) is 5.03 Å². The number of carbonyl (C=O) groups excluding carboxylic acids is 1. The Hall–Kier alpha value is -2.84. The van der Waals surface area contributed by atoms with Crippen LogP contribution in [0.25, 0.3) is 10.6 Å². The van der Waals surface area contributed by atoms with Crippen LogP contribution >= 0.6 is 11.6 Å². The van der Waals surface area contributed by atoms with Crippen molar-refractivity contribution < 1.29 is 4.79 Å². The molecule has 0 aliphatic heterocycles. The number of amides is 1. The fourth-order valence-electron chi connectivity index (χ4n) is 2.68. The van der Waals surface area contributed by atoms with Crippen LogP contribution in [0.2, 0.25) is 0 Å². The third-order valence-electron chi connectivity index (χ3n) is 3.80. The molecule has 3 aromatic carbocycles. The van der Waals surface area contributed by atoms with Gasteiger partial charge in [0.2, 0.25) is 5.91 Å². The van der Waals surface area contributed by atoms with Crippen molar-refractivity contribution in [2.24, 2.45) is 0 Å². The van der Waals surface area contributed by atoms with E-state index in [1.165, 1.54) is 6.92 Å². The first kappa shape index (κ1) is 17.0. The molecule has 1 N–H and O–H groups in total. The van der Waals surface area contributed by atoms with Crippen LogP contribution in [0.1, 0.15) is 23.6 Å². The summed E-state index contributed by atoms with van der Waals surface area (Å²) in [4.78, 5) is 11.2. The van der Waals surface area contributed by atoms with Gasteiger partial charge in [0.05, 0.1) is 5.03 Å². The Kier molecular flexibility index (Phi) is 5.32. The molecule has 0 heterocycles. The van der Waals surface area contributed by atoms with Gasteiger partial charge in [-0.3, -0.25) is 4.79 Å². The Morgan fingerprint density at radius 1 is 0.720 bits per heavy atom. The SMILES string of the molecule is CC(=O)Nc1ccc(/C(=C(\Cl)c2ccccc2)c2ccccc2)cc1. The van der Waals surface area contributed by atoms with Crippen LogP contribution in [0.3, 0.4) is 0 Å². The molecule has 25 heavy (non-hydrogen) atoms. The first-order valence-corrected chi connectivity index (χ1v) is 8.41. The number of hydrogen-bond donors (Lipinski definition) is 1. The molecule has 3 rings (SSSR count). The summed E-state index contributed by atoms with van der Waals surface area (Å²) < 4.78 is 0. The number of nitrogens with one attached hydrogen (secondary N) is 1. The highest BCUT2D eigenvalue weighted by Gasteiger charge is 2.12. The van der Waals surface area contributed by atoms with Crippen LogP contribution in [0.15, 0.2) is 84.9 Å². The number of anilines is 1. The third kappa shape index (κ3) is 4.17. The zero-order valence-electron chi connectivity index (χ0n) is 13.9. The monoisotopic (exact) mass is 347 g/mol. The van der Waals surface area contributed by atoms with Gasteiger partial charge in [-0.1, -0.05) is 84.4 Å². The van der Waals surface area contributed by atoms with Gasteiger partial charge in [-0.15, -0.1) is 0 Å². The summed E-state index contributed by atoms with van der Waals surface area (Å²) in [5, 5.41) is 3.48. The Bertz CT molecular complexity index is 884. The number of carbonyl (C=O) groups is 1. The molecular formula is C22H18ClNO. The second kappa shape index (κ2) is 7.82. The molecule has 0 bridgehead atoms. The molecule has 0 aromatic heterocycles. The first-order valence-electron chi connectivity index (χ1n) is 8.04. The maximum Gasteiger partial charge on any atom is 0.221 e. The van der Waals surface area contributed by atoms with E-state index in [0.717, 1.165) is 28.0 Å². The van der Waals surface area contributed by atoms with Gasteiger partial charge in [-0.05, 0) is 28.8 Å². The molecule has 0 spiro atoms. The highest BCUT2D eigenvalue weighted by molar-refractivity contribution is 6.53. The average Bonchev–Trinajstić information content (AvgIpc) is 2.64. The summed E-state index contributed by atoms with van der Waals surface area (Å²) in [5.41, 5.74) is 4.73. The molecule has 124 valence electrons. The van der Waals surface area contributed by atoms with Crippen molar-refractivity contribution in [3.8, 4) is 0 Å². The average molecular weight is 348 g/mol. The molecule has 0 unspecified atom stereocenters. The number of halogens is 1. The number of hydrogen-bond acceptors (Lipinski definition) is 1. The molecule has 2 nitrogen and oxygen atoms in total. The topological polar surface area (TPSA) is 29.1 Å². The summed E-state index contributed by atoms with van der Waals surface area (Å²) in [5.74, 6) is -0.0890. The zero-order valence-corrected chi connectivity index (χ0v) is 14.6. The minimum atomic E-state index is -0.0890. The molecular weight excluding hydrogens is 330 g/mol. The Labute approximate surface area is 152 Å². The quantitative estimate of drug-likeness (QED) is 0.594. The predicted octanol–water partition coefficient (Wildman–Crippen LogP) is 5.80. The van der Waals surface area contributed by atoms with E-state index >= 15 is 0 Å². The highest BCUT2D eigenvalue weighted by Crippen LogP contribution is 2.35. The molecule has 0 atom stereocenters. The van der Waals surface area contributed by atoms with E-state index < -0.39 is 0 Å². The summed E-state index contributed by atoms with van der Waals surface area (Å²) >= 11 is 6.78. The minimum absolute atomic E-state index is 0.0890. The van der Waals surface area contributed by atoms with Crippen molar-refractivity contribution in [1.29, 1.82) is 0 Å². The summed E-state index contributed by atoms with van der Waals surface area (Å²) in [7, 11) is 0. The van der Waals surface area contributed by atoms with Gasteiger partial charge in [0.25, 0.3) is 0 Å². The molecule has 3 heteroatoms. The largest absolute Gasteiger partial charge is 0.326 e. The maximum absolute atomic E-state index is 11.2. The second-order valence-electron chi connectivity index (χ2n) is 5.68. The molecule has 0 aliphatic rings. The normalized spacial score (nSPS) is 11.6. The molecule has 0 saturated heterocycles. The van der Waals surface area contributed by atoms with Crippen molar-refractivity contribution in [3.05, 3.63) is 102 Å². The van der Waals surface area contributed by atoms with Crippen molar-refractivity contribution in [1.82, 2.24) is 0 Å². The standard InChI is InChI=1S/C22H18ClNO/c1-16(25)24-20-14-12-18(13-15-20)21(17-8-4-2-5-9-17)22(23)19-10-6-3-7-11-19/h2-15H,1H3,(H,24,25)/b22-21-. The van der Waals surface area contributed by atoms with Crippen molar-refractivity contribution in [2.45, 2.75) is 6.92 Å². The van der Waals surface area contributed by atoms with E-state index in [9.17, 15) is 4.79 Å². The lowest BCUT2D eigenvalue weighted by atomic mass is 9.95. The lowest BCUT2D eigenvalue weighted by Gasteiger charge is -2.13. The van der Waals surface area contributed by atoms with Gasteiger partial charge >= 0.3 is 0 Å². The molecule has 0 aliphatic carbocycles. The Morgan fingerprint density at radius 3 is 1.72 bits per heavy atom. The lowest BCUT2D eigenvalue weighted by Crippen LogP contribution is -2.05. The number of rotatable bonds is 4. The van der Waals surface area contributed by atoms with E-state index in [-0.39, 0.29) is 5.91 Å². The lowest BCUT2D eigenvalue weighted by molar-refractivity contribution is -0.114. The summed E-state index contributed by atoms with van der Waals surface area (Å²) in [6.07, 6.45) is 0. The number of benzene rings is 3. The van der Waals surface area contributed by atoms with E-state index in [1.807, 2.05) is 84.9 Å². The smallest absolute Gasteiger partial charge is 0.221 e. The van der Waals surface area contributed by atoms with Crippen LogP contribution in [0.4, 0.5) is 5.69 Å². The van der Waals surface area contributed by atoms with Crippen LogP contribution in [0.5, 0.6) is 0 Å². The molecule has 3 aromatic rings. The van der Waals surface area contributed by atoms with Gasteiger partial charge in [0.15, 0.2) is 0 Å². The van der Waals surface area contributed by atoms with Gasteiger partial charge in [0, 0.05) is 18.2 Å². The van der Waals surface area contributed by atoms with Crippen molar-refractivity contribution >= 4 is 33.8 Å². The van der Waals surface area contributed by atoms with Crippen molar-refractivity contribution in [3.63, 3.8) is 0 Å². The van der Waals surface area contributed by atoms with Gasteiger partial charge in [0.1, 0.15) is 0 Å². The Balaban J connectivity index is 2.11. The van der Waals surface area contributed by atoms with E-state index in [4.69, 9.17) is 11.6 Å². The summed E-state index contributed by atoms with van der Waals surface area (Å²) in [6, 6.07) is 27.7. The minimum Gasteiger partial charge on any atom is -0.326 e. The maximum atomic E-state index is 11.2. The second-order valence-corrected chi connectivity index (χ2v) is 6.06. The van der Waals surface area contributed by atoms with Crippen LogP contribution in [-0.2, 0) is 4.79 Å². The van der Waals surface area contributed by atoms with Gasteiger partial charge in [-0.25, -0.2) is 0 Å². The van der Waals surface area contributed by atoms with E-state index in [1.54, 1.807) is 0 Å². The highest BCUT2D eigenvalue weighted by atomic mass is 35.5. The van der Waals surface area contributed by atoms with Crippen LogP contribution in [-0.4, -0.2) is 5.91 Å². The molecule has 1 amide bonds. The molecule has 0 saturated carbocycles. The van der Waals surface area contributed by atoms with E-state index in [2.05, 4.69) is 5.32 Å². The fourth-order valence-corrected chi connectivity index (χ4v) is 3.02. The Morgan fingerprint density at radius 2 is 1.20 bits per heavy atom. The van der Waals surface area contributed by atoms with Crippen LogP contribution < -0.4 is 5.32 Å². The fraction of sp³-hybridized carbons (Fsp3) is 0.0455. The first-order chi connectivity index (χ1) is 12.1. The summed E-state index contributed by atoms with van der Waals surface area (Å²) in [6.45, 7) is 1.50.